The zero-order valence-electron chi connectivity index (χ0n) is 19.2. The summed E-state index contributed by atoms with van der Waals surface area (Å²) in [6.07, 6.45) is 2.14. The smallest absolute Gasteiger partial charge is 0.266 e. The van der Waals surface area contributed by atoms with Crippen molar-refractivity contribution in [1.82, 2.24) is 0 Å². The van der Waals surface area contributed by atoms with Crippen molar-refractivity contribution >= 4 is 45.9 Å². The van der Waals surface area contributed by atoms with Crippen LogP contribution >= 0.6 is 35.8 Å². The van der Waals surface area contributed by atoms with E-state index in [-0.39, 0.29) is 18.8 Å². The summed E-state index contributed by atoms with van der Waals surface area (Å²) in [5.74, 6) is 0.794. The number of rotatable bonds is 12. The number of hydrogen-bond acceptors (Lipinski definition) is 7. The van der Waals surface area contributed by atoms with Gasteiger partial charge in [-0.3, -0.25) is 0 Å². The van der Waals surface area contributed by atoms with Gasteiger partial charge in [0.05, 0.1) is 12.9 Å². The molecule has 0 saturated heterocycles. The Kier molecular flexibility index (Phi) is 11.4. The lowest BCUT2D eigenvalue weighted by Gasteiger charge is -2.25. The largest absolute Gasteiger partial charge is 0.489 e. The van der Waals surface area contributed by atoms with Gasteiger partial charge in [0.2, 0.25) is 0 Å². The van der Waals surface area contributed by atoms with Crippen molar-refractivity contribution in [2.45, 2.75) is 41.4 Å². The third-order valence-corrected chi connectivity index (χ3v) is 6.91. The number of aliphatic hydroxyl groups excluding tert-OH is 1. The van der Waals surface area contributed by atoms with E-state index in [1.807, 2.05) is 72.8 Å². The molecule has 6 nitrogen and oxygen atoms in total. The van der Waals surface area contributed by atoms with Crippen LogP contribution in [0.25, 0.3) is 0 Å². The molecule has 0 spiro atoms. The van der Waals surface area contributed by atoms with E-state index in [4.69, 9.17) is 26.3 Å². The quantitative estimate of drug-likeness (QED) is 0.226. The van der Waals surface area contributed by atoms with Gasteiger partial charge in [-0.25, -0.2) is 4.18 Å². The first-order valence-electron chi connectivity index (χ1n) is 10.7. The molecule has 0 saturated carbocycles. The van der Waals surface area contributed by atoms with E-state index >= 15 is 0 Å². The maximum absolute atomic E-state index is 11.4. The predicted octanol–water partition coefficient (Wildman–Crippen LogP) is 5.44. The number of hydrogen-bond donors (Lipinski definition) is 2. The first kappa shape index (κ1) is 29.5. The van der Waals surface area contributed by atoms with Crippen LogP contribution in [0, 0.1) is 0 Å². The van der Waals surface area contributed by atoms with Crippen LogP contribution in [0.2, 0.25) is 5.02 Å². The normalized spacial score (nSPS) is 13.0. The summed E-state index contributed by atoms with van der Waals surface area (Å²) in [5, 5.41) is 10.0. The van der Waals surface area contributed by atoms with Gasteiger partial charge in [-0.15, -0.1) is 12.4 Å². The molecule has 0 bridgehead atoms. The molecule has 0 heterocycles. The minimum atomic E-state index is -3.78. The number of aliphatic hydroxyl groups is 1. The average molecular weight is 559 g/mol. The molecule has 0 aliphatic heterocycles. The van der Waals surface area contributed by atoms with Gasteiger partial charge in [0.25, 0.3) is 10.1 Å². The lowest BCUT2D eigenvalue weighted by Crippen LogP contribution is -2.47. The van der Waals surface area contributed by atoms with E-state index in [2.05, 4.69) is 0 Å². The molecule has 190 valence electrons. The minimum Gasteiger partial charge on any atom is -0.489 e. The van der Waals surface area contributed by atoms with E-state index in [0.717, 1.165) is 32.9 Å². The SMILES string of the molecule is CS(=O)(=O)OC(N)(CO)CCCc1ccc(Sc2cccc(OCc3ccccc3)c2)cc1Cl.Cl. The summed E-state index contributed by atoms with van der Waals surface area (Å²) < 4.78 is 33.5. The molecular weight excluding hydrogens is 529 g/mol. The molecule has 3 aromatic carbocycles. The first-order valence-corrected chi connectivity index (χ1v) is 13.7. The van der Waals surface area contributed by atoms with E-state index in [9.17, 15) is 13.5 Å². The van der Waals surface area contributed by atoms with Crippen molar-refractivity contribution in [3.05, 3.63) is 88.9 Å². The van der Waals surface area contributed by atoms with Gasteiger partial charge in [-0.05, 0) is 60.7 Å². The Hall–Kier alpha value is -1.78. The highest BCUT2D eigenvalue weighted by molar-refractivity contribution is 7.99. The zero-order chi connectivity index (χ0) is 24.6. The molecule has 0 aliphatic rings. The Morgan fingerprint density at radius 1 is 1.03 bits per heavy atom. The van der Waals surface area contributed by atoms with E-state index in [1.165, 1.54) is 0 Å². The van der Waals surface area contributed by atoms with Gasteiger partial charge < -0.3 is 15.6 Å². The molecule has 35 heavy (non-hydrogen) atoms. The Balaban J connectivity index is 0.00000432. The van der Waals surface area contributed by atoms with E-state index < -0.39 is 22.4 Å². The summed E-state index contributed by atoms with van der Waals surface area (Å²) in [6.45, 7) is -0.0947. The van der Waals surface area contributed by atoms with Gasteiger partial charge >= 0.3 is 0 Å². The molecule has 1 atom stereocenters. The van der Waals surface area contributed by atoms with Gasteiger partial charge in [0, 0.05) is 14.8 Å². The van der Waals surface area contributed by atoms with Crippen molar-refractivity contribution < 1.29 is 22.4 Å². The Bertz CT molecular complexity index is 1200. The molecule has 0 aromatic heterocycles. The molecule has 10 heteroatoms. The summed E-state index contributed by atoms with van der Waals surface area (Å²) in [7, 11) is -3.78. The third kappa shape index (κ3) is 10.0. The molecule has 3 N–H and O–H groups in total. The second-order valence-corrected chi connectivity index (χ2v) is 11.1. The molecule has 0 amide bonds. The van der Waals surface area contributed by atoms with Crippen molar-refractivity contribution in [3.8, 4) is 5.75 Å². The van der Waals surface area contributed by atoms with Crippen molar-refractivity contribution in [2.24, 2.45) is 5.73 Å². The summed E-state index contributed by atoms with van der Waals surface area (Å²) in [6, 6.07) is 23.7. The second kappa shape index (κ2) is 13.5. The molecule has 0 radical (unpaired) electrons. The van der Waals surface area contributed by atoms with Crippen LogP contribution in [0.4, 0.5) is 0 Å². The molecule has 0 aliphatic carbocycles. The summed E-state index contributed by atoms with van der Waals surface area (Å²) >= 11 is 8.07. The van der Waals surface area contributed by atoms with E-state index in [0.29, 0.717) is 24.5 Å². The van der Waals surface area contributed by atoms with Crippen LogP contribution in [0.1, 0.15) is 24.0 Å². The van der Waals surface area contributed by atoms with Crippen LogP contribution in [-0.2, 0) is 27.3 Å². The Labute approximate surface area is 222 Å². The Morgan fingerprint density at radius 3 is 2.40 bits per heavy atom. The van der Waals surface area contributed by atoms with Gasteiger partial charge in [-0.1, -0.05) is 65.8 Å². The fraction of sp³-hybridized carbons (Fsp3) is 0.280. The Morgan fingerprint density at radius 2 is 1.74 bits per heavy atom. The van der Waals surface area contributed by atoms with Crippen LogP contribution < -0.4 is 10.5 Å². The van der Waals surface area contributed by atoms with Gasteiger partial charge in [-0.2, -0.15) is 8.42 Å². The van der Waals surface area contributed by atoms with Gasteiger partial charge in [0.15, 0.2) is 5.72 Å². The standard InChI is InChI=1S/C25H28ClNO5S2.ClH/c1-34(29,30)32-25(27,18-28)14-6-9-20-12-13-23(16-24(20)26)33-22-11-5-10-21(15-22)31-17-19-7-3-2-4-8-19;/h2-5,7-8,10-13,15-16,28H,6,9,14,17-18,27H2,1H3;1H. The van der Waals surface area contributed by atoms with Crippen molar-refractivity contribution in [3.63, 3.8) is 0 Å². The van der Waals surface area contributed by atoms with Crippen LogP contribution in [0.15, 0.2) is 82.6 Å². The fourth-order valence-corrected chi connectivity index (χ4v) is 5.31. The van der Waals surface area contributed by atoms with Crippen molar-refractivity contribution in [2.75, 3.05) is 12.9 Å². The topological polar surface area (TPSA) is 98.9 Å². The van der Waals surface area contributed by atoms with Crippen LogP contribution in [0.3, 0.4) is 0 Å². The highest BCUT2D eigenvalue weighted by atomic mass is 35.5. The van der Waals surface area contributed by atoms with Gasteiger partial charge in [0.1, 0.15) is 12.4 Å². The van der Waals surface area contributed by atoms with E-state index in [1.54, 1.807) is 11.8 Å². The highest BCUT2D eigenvalue weighted by Crippen LogP contribution is 2.33. The molecule has 3 rings (SSSR count). The van der Waals surface area contributed by atoms with Crippen molar-refractivity contribution in [1.29, 1.82) is 0 Å². The van der Waals surface area contributed by atoms with Crippen LogP contribution in [0.5, 0.6) is 5.75 Å². The number of nitrogens with two attached hydrogens (primary N) is 1. The molecule has 3 aromatic rings. The highest BCUT2D eigenvalue weighted by Gasteiger charge is 2.29. The van der Waals surface area contributed by atoms with Crippen LogP contribution in [-0.4, -0.2) is 32.1 Å². The number of aryl methyl sites for hydroxylation is 1. The molecule has 1 unspecified atom stereocenters. The number of ether oxygens (including phenoxy) is 1. The summed E-state index contributed by atoms with van der Waals surface area (Å²) in [5.41, 5.74) is 6.25. The predicted molar refractivity (Wildman–Crippen MR) is 143 cm³/mol. The molecule has 0 fully saturated rings. The third-order valence-electron chi connectivity index (χ3n) is 4.95. The lowest BCUT2D eigenvalue weighted by molar-refractivity contribution is 0.0122. The first-order chi connectivity index (χ1) is 16.2. The number of benzene rings is 3. The molecular formula is C25H29Cl2NO5S2. The zero-order valence-corrected chi connectivity index (χ0v) is 22.4. The monoisotopic (exact) mass is 557 g/mol. The fourth-order valence-electron chi connectivity index (χ4n) is 3.33. The maximum atomic E-state index is 11.4. The number of halogens is 2. The second-order valence-electron chi connectivity index (χ2n) is 7.97. The maximum Gasteiger partial charge on any atom is 0.266 e. The minimum absolute atomic E-state index is 0. The average Bonchev–Trinajstić information content (AvgIpc) is 2.79. The lowest BCUT2D eigenvalue weighted by atomic mass is 10.0. The summed E-state index contributed by atoms with van der Waals surface area (Å²) in [4.78, 5) is 2.01.